The molecule has 0 unspecified atom stereocenters. The van der Waals surface area contributed by atoms with Gasteiger partial charge in [0.2, 0.25) is 0 Å². The molecule has 6 heteroatoms. The van der Waals surface area contributed by atoms with Crippen molar-refractivity contribution >= 4 is 28.8 Å². The molecule has 0 spiro atoms. The second kappa shape index (κ2) is 5.35. The molecule has 112 valence electrons. The van der Waals surface area contributed by atoms with E-state index in [4.69, 9.17) is 11.6 Å². The average Bonchev–Trinajstić information content (AvgIpc) is 2.78. The van der Waals surface area contributed by atoms with Gasteiger partial charge in [0.05, 0.1) is 11.4 Å². The lowest BCUT2D eigenvalue weighted by Crippen LogP contribution is -2.15. The molecule has 0 radical (unpaired) electrons. The molecule has 0 saturated carbocycles. The Labute approximate surface area is 132 Å². The van der Waals surface area contributed by atoms with Crippen LogP contribution in [-0.2, 0) is 0 Å². The van der Waals surface area contributed by atoms with Crippen molar-refractivity contribution in [1.82, 2.24) is 9.38 Å². The zero-order chi connectivity index (χ0) is 15.9. The van der Waals surface area contributed by atoms with Crippen LogP contribution in [0.15, 0.2) is 36.5 Å². The van der Waals surface area contributed by atoms with Gasteiger partial charge >= 0.3 is 0 Å². The lowest BCUT2D eigenvalue weighted by molar-refractivity contribution is 0.102. The first-order valence-corrected chi connectivity index (χ1v) is 7.08. The lowest BCUT2D eigenvalue weighted by Gasteiger charge is -2.08. The quantitative estimate of drug-likeness (QED) is 0.711. The first-order valence-electron chi connectivity index (χ1n) is 6.71. The van der Waals surface area contributed by atoms with Gasteiger partial charge in [0, 0.05) is 11.2 Å². The molecule has 2 N–H and O–H groups in total. The highest BCUT2D eigenvalue weighted by atomic mass is 35.5. The molecule has 5 nitrogen and oxygen atoms in total. The number of nitrogens with zero attached hydrogens (tertiary/aromatic N) is 2. The molecule has 0 aliphatic rings. The number of anilines is 1. The van der Waals surface area contributed by atoms with Crippen molar-refractivity contribution < 1.29 is 9.90 Å². The van der Waals surface area contributed by atoms with Gasteiger partial charge in [-0.05, 0) is 43.7 Å². The molecule has 1 aromatic carbocycles. The van der Waals surface area contributed by atoms with Crippen LogP contribution in [-0.4, -0.2) is 20.4 Å². The molecule has 2 aromatic heterocycles. The van der Waals surface area contributed by atoms with Crippen LogP contribution >= 0.6 is 11.6 Å². The second-order valence-electron chi connectivity index (χ2n) is 5.10. The third kappa shape index (κ3) is 2.51. The summed E-state index contributed by atoms with van der Waals surface area (Å²) in [5, 5.41) is 12.9. The van der Waals surface area contributed by atoms with E-state index in [1.165, 1.54) is 12.1 Å². The Morgan fingerprint density at radius 2 is 2.05 bits per heavy atom. The summed E-state index contributed by atoms with van der Waals surface area (Å²) >= 11 is 5.89. The third-order valence-corrected chi connectivity index (χ3v) is 3.60. The number of fused-ring (bicyclic) bond motifs is 1. The molecular weight excluding hydrogens is 302 g/mol. The fourth-order valence-corrected chi connectivity index (χ4v) is 2.50. The summed E-state index contributed by atoms with van der Waals surface area (Å²) in [5.41, 5.74) is 3.02. The van der Waals surface area contributed by atoms with Crippen LogP contribution in [0.2, 0.25) is 5.02 Å². The van der Waals surface area contributed by atoms with E-state index >= 15 is 0 Å². The van der Waals surface area contributed by atoms with E-state index in [-0.39, 0.29) is 17.3 Å². The van der Waals surface area contributed by atoms with Gasteiger partial charge in [-0.1, -0.05) is 17.7 Å². The van der Waals surface area contributed by atoms with E-state index in [1.54, 1.807) is 17.4 Å². The summed E-state index contributed by atoms with van der Waals surface area (Å²) in [6, 6.07) is 8.28. The summed E-state index contributed by atoms with van der Waals surface area (Å²) in [6.07, 6.45) is 1.85. The highest BCUT2D eigenvalue weighted by Gasteiger charge is 2.18. The number of benzene rings is 1. The molecule has 0 saturated heterocycles. The molecule has 1 amide bonds. The van der Waals surface area contributed by atoms with Crippen LogP contribution in [0.3, 0.4) is 0 Å². The zero-order valence-electron chi connectivity index (χ0n) is 12.1. The SMILES string of the molecule is Cc1ccc2nc(C)c(C(=O)Nc3cc(Cl)ccc3O)n2c1. The molecule has 2 heterocycles. The van der Waals surface area contributed by atoms with E-state index in [0.717, 1.165) is 5.56 Å². The van der Waals surface area contributed by atoms with Gasteiger partial charge in [-0.3, -0.25) is 9.20 Å². The van der Waals surface area contributed by atoms with Gasteiger partial charge in [0.1, 0.15) is 17.1 Å². The number of imidazole rings is 1. The van der Waals surface area contributed by atoms with E-state index in [9.17, 15) is 9.90 Å². The number of aromatic hydroxyl groups is 1. The summed E-state index contributed by atoms with van der Waals surface area (Å²) in [4.78, 5) is 16.9. The number of amides is 1. The Hall–Kier alpha value is -2.53. The predicted octanol–water partition coefficient (Wildman–Crippen LogP) is 3.56. The minimum Gasteiger partial charge on any atom is -0.506 e. The number of nitrogens with one attached hydrogen (secondary N) is 1. The van der Waals surface area contributed by atoms with Crippen LogP contribution < -0.4 is 5.32 Å². The lowest BCUT2D eigenvalue weighted by atomic mass is 10.2. The third-order valence-electron chi connectivity index (χ3n) is 3.36. The Balaban J connectivity index is 2.04. The maximum Gasteiger partial charge on any atom is 0.274 e. The van der Waals surface area contributed by atoms with Crippen molar-refractivity contribution in [3.05, 3.63) is 58.5 Å². The van der Waals surface area contributed by atoms with Crippen LogP contribution in [0.1, 0.15) is 21.7 Å². The molecule has 22 heavy (non-hydrogen) atoms. The summed E-state index contributed by atoms with van der Waals surface area (Å²) in [5.74, 6) is -0.395. The van der Waals surface area contributed by atoms with Crippen LogP contribution in [0.25, 0.3) is 5.65 Å². The Kier molecular flexibility index (Phi) is 3.50. The summed E-state index contributed by atoms with van der Waals surface area (Å²) < 4.78 is 1.74. The second-order valence-corrected chi connectivity index (χ2v) is 5.53. The molecular formula is C16H14ClN3O2. The first kappa shape index (κ1) is 14.4. The fourth-order valence-electron chi connectivity index (χ4n) is 2.33. The Morgan fingerprint density at radius 3 is 2.82 bits per heavy atom. The average molecular weight is 316 g/mol. The smallest absolute Gasteiger partial charge is 0.274 e. The minimum atomic E-state index is -0.354. The van der Waals surface area contributed by atoms with Crippen LogP contribution in [0, 0.1) is 13.8 Å². The highest BCUT2D eigenvalue weighted by molar-refractivity contribution is 6.31. The molecule has 0 bridgehead atoms. The van der Waals surface area contributed by atoms with E-state index in [2.05, 4.69) is 10.3 Å². The van der Waals surface area contributed by atoms with Gasteiger partial charge in [-0.2, -0.15) is 0 Å². The van der Waals surface area contributed by atoms with Gasteiger partial charge < -0.3 is 10.4 Å². The predicted molar refractivity (Wildman–Crippen MR) is 85.7 cm³/mol. The Bertz CT molecular complexity index is 886. The van der Waals surface area contributed by atoms with Crippen LogP contribution in [0.5, 0.6) is 5.75 Å². The maximum absolute atomic E-state index is 12.6. The number of phenols is 1. The number of aryl methyl sites for hydroxylation is 2. The van der Waals surface area contributed by atoms with Crippen molar-refractivity contribution in [3.63, 3.8) is 0 Å². The number of hydrogen-bond acceptors (Lipinski definition) is 3. The molecule has 3 aromatic rings. The number of phenolic OH excluding ortho intramolecular Hbond substituents is 1. The van der Waals surface area contributed by atoms with E-state index < -0.39 is 0 Å². The van der Waals surface area contributed by atoms with Crippen molar-refractivity contribution in [1.29, 1.82) is 0 Å². The number of hydrogen-bond donors (Lipinski definition) is 2. The number of rotatable bonds is 2. The Morgan fingerprint density at radius 1 is 1.27 bits per heavy atom. The van der Waals surface area contributed by atoms with E-state index in [0.29, 0.717) is 22.1 Å². The van der Waals surface area contributed by atoms with Crippen molar-refractivity contribution in [3.8, 4) is 5.75 Å². The van der Waals surface area contributed by atoms with Crippen molar-refractivity contribution in [2.45, 2.75) is 13.8 Å². The van der Waals surface area contributed by atoms with Gasteiger partial charge in [0.25, 0.3) is 5.91 Å². The molecule has 3 rings (SSSR count). The molecule has 0 atom stereocenters. The first-order chi connectivity index (χ1) is 10.5. The largest absolute Gasteiger partial charge is 0.506 e. The van der Waals surface area contributed by atoms with Crippen LogP contribution in [0.4, 0.5) is 5.69 Å². The number of halogens is 1. The molecule has 0 fully saturated rings. The number of carbonyl (C=O) groups is 1. The van der Waals surface area contributed by atoms with Crippen molar-refractivity contribution in [2.75, 3.05) is 5.32 Å². The fraction of sp³-hybridized carbons (Fsp3) is 0.125. The number of pyridine rings is 1. The number of carbonyl (C=O) groups excluding carboxylic acids is 1. The highest BCUT2D eigenvalue weighted by Crippen LogP contribution is 2.27. The monoisotopic (exact) mass is 315 g/mol. The standard InChI is InChI=1S/C16H14ClN3O2/c1-9-3-6-14-18-10(2)15(20(14)8-9)16(22)19-12-7-11(17)4-5-13(12)21/h3-8,21H,1-2H3,(H,19,22). The normalized spacial score (nSPS) is 10.9. The van der Waals surface area contributed by atoms with Gasteiger partial charge in [-0.25, -0.2) is 4.98 Å². The minimum absolute atomic E-state index is 0.0413. The maximum atomic E-state index is 12.6. The van der Waals surface area contributed by atoms with Gasteiger partial charge in [-0.15, -0.1) is 0 Å². The van der Waals surface area contributed by atoms with Gasteiger partial charge in [0.15, 0.2) is 0 Å². The molecule has 0 aliphatic carbocycles. The molecule has 0 aliphatic heterocycles. The topological polar surface area (TPSA) is 66.6 Å². The summed E-state index contributed by atoms with van der Waals surface area (Å²) in [6.45, 7) is 3.72. The zero-order valence-corrected chi connectivity index (χ0v) is 12.8. The summed E-state index contributed by atoms with van der Waals surface area (Å²) in [7, 11) is 0. The van der Waals surface area contributed by atoms with E-state index in [1.807, 2.05) is 25.3 Å². The number of aromatic nitrogens is 2. The van der Waals surface area contributed by atoms with Crippen molar-refractivity contribution in [2.24, 2.45) is 0 Å².